The first-order valence-corrected chi connectivity index (χ1v) is 7.41. The van der Waals surface area contributed by atoms with Gasteiger partial charge in [0.25, 0.3) is 0 Å². The Morgan fingerprint density at radius 2 is 1.84 bits per heavy atom. The summed E-state index contributed by atoms with van der Waals surface area (Å²) in [5, 5.41) is 9.96. The highest BCUT2D eigenvalue weighted by atomic mass is 32.1. The standard InChI is InChI=1S/C14H16N4S/c1-3-7-12(8-4-1)13-16-17-14(19-13)15-11-18-9-5-2-6-10-18/h1,3-4,7-8,11H,2,5-6,9-10H2/b15-11+. The van der Waals surface area contributed by atoms with Gasteiger partial charge in [0.2, 0.25) is 5.13 Å². The second-order valence-corrected chi connectivity index (χ2v) is 5.55. The number of aromatic nitrogens is 2. The number of piperidine rings is 1. The molecule has 5 heteroatoms. The summed E-state index contributed by atoms with van der Waals surface area (Å²) >= 11 is 1.53. The lowest BCUT2D eigenvalue weighted by Crippen LogP contribution is -2.27. The second kappa shape index (κ2) is 5.93. The van der Waals surface area contributed by atoms with Gasteiger partial charge < -0.3 is 4.90 Å². The number of benzene rings is 1. The van der Waals surface area contributed by atoms with E-state index in [0.717, 1.165) is 28.8 Å². The molecule has 0 spiro atoms. The monoisotopic (exact) mass is 272 g/mol. The average molecular weight is 272 g/mol. The molecule has 1 aromatic heterocycles. The van der Waals surface area contributed by atoms with Crippen molar-refractivity contribution in [1.29, 1.82) is 0 Å². The van der Waals surface area contributed by atoms with E-state index in [1.165, 1.54) is 30.6 Å². The quantitative estimate of drug-likeness (QED) is 0.635. The van der Waals surface area contributed by atoms with Gasteiger partial charge >= 0.3 is 0 Å². The van der Waals surface area contributed by atoms with Crippen molar-refractivity contribution in [2.45, 2.75) is 19.3 Å². The zero-order valence-electron chi connectivity index (χ0n) is 10.7. The number of rotatable bonds is 3. The first kappa shape index (κ1) is 12.3. The molecule has 0 saturated carbocycles. The van der Waals surface area contributed by atoms with Gasteiger partial charge in [-0.1, -0.05) is 41.7 Å². The molecule has 0 atom stereocenters. The fourth-order valence-corrected chi connectivity index (χ4v) is 2.82. The molecule has 98 valence electrons. The molecule has 0 radical (unpaired) electrons. The van der Waals surface area contributed by atoms with E-state index in [1.54, 1.807) is 0 Å². The number of hydrogen-bond donors (Lipinski definition) is 0. The van der Waals surface area contributed by atoms with Crippen molar-refractivity contribution in [2.75, 3.05) is 13.1 Å². The molecule has 1 aliphatic heterocycles. The highest BCUT2D eigenvalue weighted by Gasteiger charge is 2.07. The molecule has 0 unspecified atom stereocenters. The molecule has 0 amide bonds. The summed E-state index contributed by atoms with van der Waals surface area (Å²) in [5.74, 6) is 0. The van der Waals surface area contributed by atoms with E-state index >= 15 is 0 Å². The van der Waals surface area contributed by atoms with Crippen LogP contribution >= 0.6 is 11.3 Å². The molecule has 0 aliphatic carbocycles. The van der Waals surface area contributed by atoms with Crippen molar-refractivity contribution in [3.8, 4) is 10.6 Å². The molecule has 4 nitrogen and oxygen atoms in total. The van der Waals surface area contributed by atoms with Crippen LogP contribution in [0.5, 0.6) is 0 Å². The molecular weight excluding hydrogens is 256 g/mol. The van der Waals surface area contributed by atoms with Crippen molar-refractivity contribution in [1.82, 2.24) is 15.1 Å². The minimum Gasteiger partial charge on any atom is -0.363 e. The lowest BCUT2D eigenvalue weighted by molar-refractivity contribution is 0.351. The molecule has 1 saturated heterocycles. The summed E-state index contributed by atoms with van der Waals surface area (Å²) < 4.78 is 0. The van der Waals surface area contributed by atoms with Crippen molar-refractivity contribution < 1.29 is 0 Å². The average Bonchev–Trinajstić information content (AvgIpc) is 2.96. The van der Waals surface area contributed by atoms with Crippen LogP contribution in [0.25, 0.3) is 10.6 Å². The minimum atomic E-state index is 0.726. The van der Waals surface area contributed by atoms with E-state index in [2.05, 4.69) is 20.1 Å². The molecule has 0 bridgehead atoms. The Morgan fingerprint density at radius 1 is 1.05 bits per heavy atom. The SMILES string of the molecule is C(=N\c1nnc(-c2ccccc2)s1)/N1CCCCC1. The van der Waals surface area contributed by atoms with Gasteiger partial charge in [0.1, 0.15) is 5.01 Å². The van der Waals surface area contributed by atoms with Gasteiger partial charge in [-0.15, -0.1) is 10.2 Å². The molecule has 1 fully saturated rings. The molecule has 2 heterocycles. The Morgan fingerprint density at radius 3 is 2.63 bits per heavy atom. The number of hydrogen-bond acceptors (Lipinski definition) is 4. The second-order valence-electron chi connectivity index (χ2n) is 4.60. The zero-order valence-corrected chi connectivity index (χ0v) is 11.5. The number of likely N-dealkylation sites (tertiary alicyclic amines) is 1. The van der Waals surface area contributed by atoms with Crippen LogP contribution in [0.15, 0.2) is 35.3 Å². The summed E-state index contributed by atoms with van der Waals surface area (Å²) in [7, 11) is 0. The van der Waals surface area contributed by atoms with E-state index in [9.17, 15) is 0 Å². The third-order valence-corrected chi connectivity index (χ3v) is 4.04. The third-order valence-electron chi connectivity index (χ3n) is 3.16. The Kier molecular flexibility index (Phi) is 3.83. The van der Waals surface area contributed by atoms with Crippen molar-refractivity contribution in [3.05, 3.63) is 30.3 Å². The van der Waals surface area contributed by atoms with Crippen LogP contribution in [-0.4, -0.2) is 34.5 Å². The molecule has 2 aromatic rings. The fourth-order valence-electron chi connectivity index (χ4n) is 2.13. The van der Waals surface area contributed by atoms with E-state index in [0.29, 0.717) is 0 Å². The lowest BCUT2D eigenvalue weighted by atomic mass is 10.1. The van der Waals surface area contributed by atoms with Crippen LogP contribution in [0.4, 0.5) is 5.13 Å². The van der Waals surface area contributed by atoms with Gasteiger partial charge in [0, 0.05) is 18.7 Å². The normalized spacial score (nSPS) is 16.1. The fraction of sp³-hybridized carbons (Fsp3) is 0.357. The zero-order chi connectivity index (χ0) is 12.9. The first-order chi connectivity index (χ1) is 9.42. The van der Waals surface area contributed by atoms with Gasteiger partial charge in [0.05, 0.1) is 6.34 Å². The topological polar surface area (TPSA) is 41.4 Å². The summed E-state index contributed by atoms with van der Waals surface area (Å²) in [6, 6.07) is 10.1. The van der Waals surface area contributed by atoms with Crippen molar-refractivity contribution in [2.24, 2.45) is 4.99 Å². The van der Waals surface area contributed by atoms with E-state index in [4.69, 9.17) is 0 Å². The predicted octanol–water partition coefficient (Wildman–Crippen LogP) is 3.35. The Hall–Kier alpha value is -1.75. The smallest absolute Gasteiger partial charge is 0.233 e. The molecule has 1 aromatic carbocycles. The number of aliphatic imine (C=N–C) groups is 1. The van der Waals surface area contributed by atoms with Gasteiger partial charge in [-0.3, -0.25) is 0 Å². The predicted molar refractivity (Wildman–Crippen MR) is 78.9 cm³/mol. The summed E-state index contributed by atoms with van der Waals surface area (Å²) in [4.78, 5) is 6.68. The maximum absolute atomic E-state index is 4.42. The number of nitrogens with zero attached hydrogens (tertiary/aromatic N) is 4. The van der Waals surface area contributed by atoms with Crippen LogP contribution in [0, 0.1) is 0 Å². The van der Waals surface area contributed by atoms with Gasteiger partial charge in [-0.25, -0.2) is 4.99 Å². The van der Waals surface area contributed by atoms with E-state index < -0.39 is 0 Å². The van der Waals surface area contributed by atoms with Crippen LogP contribution in [-0.2, 0) is 0 Å². The van der Waals surface area contributed by atoms with Crippen molar-refractivity contribution >= 4 is 22.8 Å². The summed E-state index contributed by atoms with van der Waals surface area (Å²) in [5.41, 5.74) is 1.10. The summed E-state index contributed by atoms with van der Waals surface area (Å²) in [6.07, 6.45) is 5.77. The molecule has 3 rings (SSSR count). The lowest BCUT2D eigenvalue weighted by Gasteiger charge is -2.23. The maximum Gasteiger partial charge on any atom is 0.233 e. The Labute approximate surface area is 116 Å². The van der Waals surface area contributed by atoms with E-state index in [-0.39, 0.29) is 0 Å². The largest absolute Gasteiger partial charge is 0.363 e. The van der Waals surface area contributed by atoms with Gasteiger partial charge in [-0.2, -0.15) is 0 Å². The molecule has 1 aliphatic rings. The molecule has 19 heavy (non-hydrogen) atoms. The maximum atomic E-state index is 4.42. The molecule has 0 N–H and O–H groups in total. The highest BCUT2D eigenvalue weighted by molar-refractivity contribution is 7.18. The van der Waals surface area contributed by atoms with Gasteiger partial charge in [-0.05, 0) is 19.3 Å². The Bertz CT molecular complexity index is 544. The van der Waals surface area contributed by atoms with E-state index in [1.807, 2.05) is 36.7 Å². The minimum absolute atomic E-state index is 0.726. The van der Waals surface area contributed by atoms with Crippen LogP contribution in [0.1, 0.15) is 19.3 Å². The first-order valence-electron chi connectivity index (χ1n) is 6.59. The van der Waals surface area contributed by atoms with Crippen LogP contribution in [0.3, 0.4) is 0 Å². The van der Waals surface area contributed by atoms with Crippen molar-refractivity contribution in [3.63, 3.8) is 0 Å². The molecular formula is C14H16N4S. The van der Waals surface area contributed by atoms with Crippen LogP contribution in [0.2, 0.25) is 0 Å². The van der Waals surface area contributed by atoms with Crippen LogP contribution < -0.4 is 0 Å². The summed E-state index contributed by atoms with van der Waals surface area (Å²) in [6.45, 7) is 2.21. The third kappa shape index (κ3) is 3.17. The Balaban J connectivity index is 1.69. The van der Waals surface area contributed by atoms with Gasteiger partial charge in [0.15, 0.2) is 0 Å². The highest BCUT2D eigenvalue weighted by Crippen LogP contribution is 2.27.